The molecule has 1 heterocycles. The maximum atomic E-state index is 12.9. The molecule has 1 aromatic carbocycles. The number of nitro benzene ring substituents is 1. The van der Waals surface area contributed by atoms with Crippen LogP contribution in [0, 0.1) is 45.6 Å². The second-order valence-corrected chi connectivity index (χ2v) is 6.91. The zero-order valence-corrected chi connectivity index (χ0v) is 12.2. The first-order valence-electron chi connectivity index (χ1n) is 7.89. The van der Waals surface area contributed by atoms with Crippen molar-refractivity contribution in [3.8, 4) is 0 Å². The molecule has 1 saturated heterocycles. The third-order valence-electron chi connectivity index (χ3n) is 5.98. The number of nitrogens with zero attached hydrogens (tertiary/aromatic N) is 2. The Kier molecular flexibility index (Phi) is 2.30. The van der Waals surface area contributed by atoms with Gasteiger partial charge < -0.3 is 0 Å². The summed E-state index contributed by atoms with van der Waals surface area (Å²) in [5, 5.41) is 11.3. The van der Waals surface area contributed by atoms with Crippen LogP contribution < -0.4 is 4.90 Å². The topological polar surface area (TPSA) is 80.5 Å². The first kappa shape index (κ1) is 13.0. The van der Waals surface area contributed by atoms with Gasteiger partial charge in [-0.05, 0) is 36.2 Å². The lowest BCUT2D eigenvalue weighted by molar-refractivity contribution is -0.384. The minimum absolute atomic E-state index is 0.106. The van der Waals surface area contributed by atoms with E-state index in [2.05, 4.69) is 12.2 Å². The fourth-order valence-electron chi connectivity index (χ4n) is 5.00. The fraction of sp³-hybridized carbons (Fsp3) is 0.412. The molecule has 0 aromatic heterocycles. The van der Waals surface area contributed by atoms with Crippen molar-refractivity contribution in [3.63, 3.8) is 0 Å². The molecular formula is C17H14N2O4. The van der Waals surface area contributed by atoms with Crippen molar-refractivity contribution in [3.05, 3.63) is 46.5 Å². The van der Waals surface area contributed by atoms with Gasteiger partial charge in [0.05, 0.1) is 16.8 Å². The van der Waals surface area contributed by atoms with Crippen LogP contribution in [0.15, 0.2) is 36.4 Å². The third kappa shape index (κ3) is 1.48. The Hall–Kier alpha value is -2.50. The van der Waals surface area contributed by atoms with Crippen LogP contribution in [0.25, 0.3) is 0 Å². The predicted molar refractivity (Wildman–Crippen MR) is 80.3 cm³/mol. The zero-order valence-electron chi connectivity index (χ0n) is 12.2. The first-order valence-corrected chi connectivity index (χ1v) is 7.89. The summed E-state index contributed by atoms with van der Waals surface area (Å²) in [6.45, 7) is 0. The largest absolute Gasteiger partial charge is 0.293 e. The summed E-state index contributed by atoms with van der Waals surface area (Å²) in [5.74, 6) is 0.0981. The SMILES string of the molecule is O=C1[C@H]2[C@@H]3C=C[C@@H]([C@H]4C[C@H]34)[C@@H]2C(=O)N1c1ccccc1[N+](=O)[O-]. The van der Waals surface area contributed by atoms with Gasteiger partial charge in [-0.2, -0.15) is 0 Å². The summed E-state index contributed by atoms with van der Waals surface area (Å²) in [5.41, 5.74) is -0.0896. The molecule has 3 fully saturated rings. The van der Waals surface area contributed by atoms with E-state index in [0.29, 0.717) is 11.8 Å². The molecular weight excluding hydrogens is 296 g/mol. The highest BCUT2D eigenvalue weighted by Crippen LogP contribution is 2.65. The standard InChI is InChI=1S/C17H14N2O4/c20-16-14-8-5-6-9(11-7-10(8)11)15(14)17(21)18(16)12-3-1-2-4-13(12)19(22)23/h1-6,8-11,14-15H,7H2/t8-,9+,10-,11-,14+,15+/m1/s1. The fourth-order valence-corrected chi connectivity index (χ4v) is 5.00. The van der Waals surface area contributed by atoms with Gasteiger partial charge in [-0.3, -0.25) is 19.7 Å². The highest BCUT2D eigenvalue weighted by atomic mass is 16.6. The number of carbonyl (C=O) groups is 2. The highest BCUT2D eigenvalue weighted by molar-refractivity contribution is 6.23. The van der Waals surface area contributed by atoms with Gasteiger partial charge in [0.25, 0.3) is 5.69 Å². The van der Waals surface area contributed by atoms with E-state index in [1.807, 2.05) is 0 Å². The van der Waals surface area contributed by atoms with Crippen molar-refractivity contribution in [1.29, 1.82) is 0 Å². The first-order chi connectivity index (χ1) is 11.1. The number of carbonyl (C=O) groups excluding carboxylic acids is 2. The van der Waals surface area contributed by atoms with Crippen molar-refractivity contribution < 1.29 is 14.5 Å². The van der Waals surface area contributed by atoms with E-state index in [4.69, 9.17) is 0 Å². The Bertz CT molecular complexity index is 766. The van der Waals surface area contributed by atoms with Crippen LogP contribution in [0.5, 0.6) is 0 Å². The summed E-state index contributed by atoms with van der Waals surface area (Å²) >= 11 is 0. The van der Waals surface area contributed by atoms with E-state index in [0.717, 1.165) is 11.3 Å². The predicted octanol–water partition coefficient (Wildman–Crippen LogP) is 2.15. The molecule has 6 nitrogen and oxygen atoms in total. The lowest BCUT2D eigenvalue weighted by Gasteiger charge is -2.37. The molecule has 2 bridgehead atoms. The normalized spacial score (nSPS) is 39.4. The average molecular weight is 310 g/mol. The minimum atomic E-state index is -0.539. The van der Waals surface area contributed by atoms with E-state index in [-0.39, 0.29) is 46.9 Å². The molecule has 5 aliphatic rings. The second-order valence-electron chi connectivity index (χ2n) is 6.91. The van der Waals surface area contributed by atoms with Crippen LogP contribution in [0.1, 0.15) is 6.42 Å². The van der Waals surface area contributed by atoms with Crippen molar-refractivity contribution >= 4 is 23.2 Å². The van der Waals surface area contributed by atoms with Crippen LogP contribution in [-0.2, 0) is 9.59 Å². The molecule has 0 spiro atoms. The number of para-hydroxylation sites is 2. The lowest BCUT2D eigenvalue weighted by atomic mass is 9.63. The number of rotatable bonds is 2. The summed E-state index contributed by atoms with van der Waals surface area (Å²) in [4.78, 5) is 37.6. The van der Waals surface area contributed by atoms with Gasteiger partial charge in [-0.1, -0.05) is 24.3 Å². The Morgan fingerprint density at radius 2 is 1.57 bits per heavy atom. The van der Waals surface area contributed by atoms with Gasteiger partial charge in [-0.15, -0.1) is 0 Å². The number of anilines is 1. The second kappa shape index (κ2) is 4.07. The molecule has 2 amide bonds. The van der Waals surface area contributed by atoms with Crippen LogP contribution >= 0.6 is 0 Å². The highest BCUT2D eigenvalue weighted by Gasteiger charge is 2.67. The molecule has 23 heavy (non-hydrogen) atoms. The molecule has 6 atom stereocenters. The lowest BCUT2D eigenvalue weighted by Crippen LogP contribution is -2.40. The molecule has 1 aliphatic heterocycles. The maximum absolute atomic E-state index is 12.9. The van der Waals surface area contributed by atoms with Crippen LogP contribution in [-0.4, -0.2) is 16.7 Å². The molecule has 6 rings (SSSR count). The summed E-state index contributed by atoms with van der Waals surface area (Å²) in [7, 11) is 0. The molecule has 1 aromatic rings. The molecule has 0 N–H and O–H groups in total. The molecule has 2 saturated carbocycles. The quantitative estimate of drug-likeness (QED) is 0.363. The molecule has 6 heteroatoms. The molecule has 116 valence electrons. The minimum Gasteiger partial charge on any atom is -0.274 e. The van der Waals surface area contributed by atoms with E-state index >= 15 is 0 Å². The number of nitro groups is 1. The van der Waals surface area contributed by atoms with Gasteiger partial charge in [0.15, 0.2) is 0 Å². The van der Waals surface area contributed by atoms with Gasteiger partial charge in [0.2, 0.25) is 11.8 Å². The summed E-state index contributed by atoms with van der Waals surface area (Å²) in [6, 6.07) is 5.98. The van der Waals surface area contributed by atoms with Crippen molar-refractivity contribution in [2.75, 3.05) is 4.90 Å². The number of hydrogen-bond acceptors (Lipinski definition) is 4. The smallest absolute Gasteiger partial charge is 0.274 e. The summed E-state index contributed by atoms with van der Waals surface area (Å²) in [6.07, 6.45) is 5.28. The van der Waals surface area contributed by atoms with Crippen molar-refractivity contribution in [2.24, 2.45) is 35.5 Å². The third-order valence-corrected chi connectivity index (χ3v) is 5.98. The average Bonchev–Trinajstić information content (AvgIpc) is 3.32. The molecule has 4 aliphatic carbocycles. The number of amides is 2. The van der Waals surface area contributed by atoms with Crippen LogP contribution in [0.3, 0.4) is 0 Å². The molecule has 0 unspecified atom stereocenters. The van der Waals surface area contributed by atoms with Gasteiger partial charge in [0.1, 0.15) is 5.69 Å². The number of hydrogen-bond donors (Lipinski definition) is 0. The van der Waals surface area contributed by atoms with E-state index in [9.17, 15) is 19.7 Å². The zero-order chi connectivity index (χ0) is 15.9. The van der Waals surface area contributed by atoms with E-state index in [1.165, 1.54) is 12.1 Å². The Morgan fingerprint density at radius 3 is 2.13 bits per heavy atom. The van der Waals surface area contributed by atoms with E-state index < -0.39 is 4.92 Å². The Balaban J connectivity index is 1.61. The number of imide groups is 1. The van der Waals surface area contributed by atoms with E-state index in [1.54, 1.807) is 12.1 Å². The monoisotopic (exact) mass is 310 g/mol. The van der Waals surface area contributed by atoms with Crippen LogP contribution in [0.2, 0.25) is 0 Å². The number of benzene rings is 1. The van der Waals surface area contributed by atoms with Gasteiger partial charge in [0, 0.05) is 6.07 Å². The number of allylic oxidation sites excluding steroid dienone is 2. The van der Waals surface area contributed by atoms with Crippen molar-refractivity contribution in [1.82, 2.24) is 0 Å². The van der Waals surface area contributed by atoms with Gasteiger partial charge >= 0.3 is 0 Å². The van der Waals surface area contributed by atoms with Gasteiger partial charge in [-0.25, -0.2) is 4.90 Å². The Morgan fingerprint density at radius 1 is 1.00 bits per heavy atom. The maximum Gasteiger partial charge on any atom is 0.293 e. The Labute approximate surface area is 131 Å². The molecule has 0 radical (unpaired) electrons. The van der Waals surface area contributed by atoms with Crippen LogP contribution in [0.4, 0.5) is 11.4 Å². The van der Waals surface area contributed by atoms with Crippen molar-refractivity contribution in [2.45, 2.75) is 6.42 Å². The summed E-state index contributed by atoms with van der Waals surface area (Å²) < 4.78 is 0.